The van der Waals surface area contributed by atoms with Crippen molar-refractivity contribution in [1.29, 1.82) is 0 Å². The van der Waals surface area contributed by atoms with Crippen molar-refractivity contribution in [3.63, 3.8) is 0 Å². The third-order valence-corrected chi connectivity index (χ3v) is 7.85. The van der Waals surface area contributed by atoms with Crippen LogP contribution in [0.5, 0.6) is 5.75 Å². The van der Waals surface area contributed by atoms with Crippen molar-refractivity contribution >= 4 is 21.8 Å². The third-order valence-electron chi connectivity index (χ3n) is 5.92. The van der Waals surface area contributed by atoms with Gasteiger partial charge in [-0.25, -0.2) is 13.9 Å². The van der Waals surface area contributed by atoms with Gasteiger partial charge in [0.25, 0.3) is 5.91 Å². The second-order valence-electron chi connectivity index (χ2n) is 8.61. The maximum Gasteiger partial charge on any atom is 0.261 e. The van der Waals surface area contributed by atoms with Crippen LogP contribution < -0.4 is 15.5 Å². The standard InChI is InChI=1S/C22H36N4O6S/c1-16(2)15-20(22(28)24-29)26(33(30,31)19-7-5-18(32-4)6-8-19)14-11-21(27)25-12-9-17(23-3)10-13-25/h5-8,16-17,20,23,29H,9-15H2,1-4H3,(H,24,28). The molecule has 1 heterocycles. The Balaban J connectivity index is 2.29. The number of benzene rings is 1. The number of nitrogens with one attached hydrogen (secondary N) is 2. The molecule has 10 nitrogen and oxygen atoms in total. The predicted octanol–water partition coefficient (Wildman–Crippen LogP) is 1.21. The summed E-state index contributed by atoms with van der Waals surface area (Å²) in [5.74, 6) is -0.528. The maximum absolute atomic E-state index is 13.5. The van der Waals surface area contributed by atoms with Gasteiger partial charge in [0.1, 0.15) is 11.8 Å². The number of methoxy groups -OCH3 is 1. The Morgan fingerprint density at radius 2 is 1.82 bits per heavy atom. The van der Waals surface area contributed by atoms with Crippen molar-refractivity contribution in [3.8, 4) is 5.75 Å². The number of hydrogen-bond acceptors (Lipinski definition) is 7. The minimum Gasteiger partial charge on any atom is -0.497 e. The fourth-order valence-electron chi connectivity index (χ4n) is 3.98. The predicted molar refractivity (Wildman–Crippen MR) is 123 cm³/mol. The molecule has 1 atom stereocenters. The lowest BCUT2D eigenvalue weighted by Gasteiger charge is -2.33. The minimum absolute atomic E-state index is 0.0231. The van der Waals surface area contributed by atoms with Gasteiger partial charge in [-0.05, 0) is 56.5 Å². The van der Waals surface area contributed by atoms with Crippen LogP contribution in [0.15, 0.2) is 29.2 Å². The van der Waals surface area contributed by atoms with Crippen LogP contribution in [0.25, 0.3) is 0 Å². The van der Waals surface area contributed by atoms with Gasteiger partial charge >= 0.3 is 0 Å². The summed E-state index contributed by atoms with van der Waals surface area (Å²) < 4.78 is 33.2. The van der Waals surface area contributed by atoms with E-state index in [0.29, 0.717) is 24.9 Å². The first-order chi connectivity index (χ1) is 15.6. The number of carbonyl (C=O) groups is 2. The van der Waals surface area contributed by atoms with E-state index in [2.05, 4.69) is 5.32 Å². The average Bonchev–Trinajstić information content (AvgIpc) is 2.82. The summed E-state index contributed by atoms with van der Waals surface area (Å²) in [4.78, 5) is 27.0. The number of hydrogen-bond donors (Lipinski definition) is 3. The Labute approximate surface area is 196 Å². The van der Waals surface area contributed by atoms with Crippen molar-refractivity contribution < 1.29 is 28.0 Å². The van der Waals surface area contributed by atoms with Crippen molar-refractivity contribution in [2.24, 2.45) is 5.92 Å². The molecule has 186 valence electrons. The number of carbonyl (C=O) groups excluding carboxylic acids is 2. The van der Waals surface area contributed by atoms with Crippen LogP contribution in [-0.4, -0.2) is 80.5 Å². The van der Waals surface area contributed by atoms with Crippen LogP contribution in [0.3, 0.4) is 0 Å². The highest BCUT2D eigenvalue weighted by Gasteiger charge is 2.37. The van der Waals surface area contributed by atoms with E-state index in [9.17, 15) is 23.2 Å². The first-order valence-electron chi connectivity index (χ1n) is 11.2. The second-order valence-corrected chi connectivity index (χ2v) is 10.5. The van der Waals surface area contributed by atoms with Gasteiger partial charge in [0.2, 0.25) is 15.9 Å². The molecule has 0 bridgehead atoms. The summed E-state index contributed by atoms with van der Waals surface area (Å²) in [7, 11) is -0.769. The highest BCUT2D eigenvalue weighted by Crippen LogP contribution is 2.25. The van der Waals surface area contributed by atoms with E-state index in [1.807, 2.05) is 20.9 Å². The number of likely N-dealkylation sites (tertiary alicyclic amines) is 1. The Morgan fingerprint density at radius 1 is 1.21 bits per heavy atom. The van der Waals surface area contributed by atoms with Crippen LogP contribution in [-0.2, 0) is 19.6 Å². The molecule has 0 aromatic heterocycles. The SMILES string of the molecule is CNC1CCN(C(=O)CCN(C(CC(C)C)C(=O)NO)S(=O)(=O)c2ccc(OC)cc2)CC1. The van der Waals surface area contributed by atoms with Gasteiger partial charge in [-0.1, -0.05) is 13.8 Å². The summed E-state index contributed by atoms with van der Waals surface area (Å²) in [6.07, 6.45) is 1.79. The smallest absolute Gasteiger partial charge is 0.261 e. The Bertz CT molecular complexity index is 883. The molecule has 1 unspecified atom stereocenters. The quantitative estimate of drug-likeness (QED) is 0.318. The molecule has 2 rings (SSSR count). The van der Waals surface area contributed by atoms with Crippen LogP contribution >= 0.6 is 0 Å². The number of amides is 2. The minimum atomic E-state index is -4.14. The number of hydroxylamine groups is 1. The monoisotopic (exact) mass is 484 g/mol. The van der Waals surface area contributed by atoms with Crippen molar-refractivity contribution in [1.82, 2.24) is 20.0 Å². The number of ether oxygens (including phenoxy) is 1. The van der Waals surface area contributed by atoms with E-state index in [4.69, 9.17) is 4.74 Å². The molecule has 33 heavy (non-hydrogen) atoms. The van der Waals surface area contributed by atoms with Crippen LogP contribution in [0.1, 0.15) is 39.5 Å². The number of nitrogens with zero attached hydrogens (tertiary/aromatic N) is 2. The molecule has 11 heteroatoms. The molecule has 0 spiro atoms. The Hall–Kier alpha value is -2.21. The molecule has 0 saturated carbocycles. The van der Waals surface area contributed by atoms with Gasteiger partial charge in [0, 0.05) is 32.1 Å². The summed E-state index contributed by atoms with van der Waals surface area (Å²) in [5.41, 5.74) is 1.59. The van der Waals surface area contributed by atoms with E-state index < -0.39 is 22.0 Å². The molecule has 1 aromatic rings. The molecular weight excluding hydrogens is 448 g/mol. The lowest BCUT2D eigenvalue weighted by atomic mass is 10.0. The average molecular weight is 485 g/mol. The van der Waals surface area contributed by atoms with Crippen LogP contribution in [0.2, 0.25) is 0 Å². The zero-order valence-corrected chi connectivity index (χ0v) is 20.6. The molecule has 1 aliphatic rings. The Kier molecular flexibility index (Phi) is 10.1. The molecule has 1 aromatic carbocycles. The highest BCUT2D eigenvalue weighted by atomic mass is 32.2. The first kappa shape index (κ1) is 27.0. The highest BCUT2D eigenvalue weighted by molar-refractivity contribution is 7.89. The number of piperidine rings is 1. The molecule has 2 amide bonds. The van der Waals surface area contributed by atoms with Gasteiger partial charge in [0.05, 0.1) is 12.0 Å². The third kappa shape index (κ3) is 7.13. The molecule has 0 aliphatic carbocycles. The molecule has 3 N–H and O–H groups in total. The molecule has 1 aliphatic heterocycles. The van der Waals surface area contributed by atoms with Gasteiger partial charge in [0.15, 0.2) is 0 Å². The van der Waals surface area contributed by atoms with Gasteiger partial charge in [-0.2, -0.15) is 4.31 Å². The van der Waals surface area contributed by atoms with Crippen LogP contribution in [0, 0.1) is 5.92 Å². The summed E-state index contributed by atoms with van der Waals surface area (Å²) in [5, 5.41) is 12.5. The van der Waals surface area contributed by atoms with Gasteiger partial charge in [-0.3, -0.25) is 14.8 Å². The lowest BCUT2D eigenvalue weighted by Crippen LogP contribution is -2.51. The van der Waals surface area contributed by atoms with E-state index in [1.165, 1.54) is 31.4 Å². The van der Waals surface area contributed by atoms with E-state index >= 15 is 0 Å². The molecule has 1 saturated heterocycles. The fourth-order valence-corrected chi connectivity index (χ4v) is 5.58. The fraction of sp³-hybridized carbons (Fsp3) is 0.636. The summed E-state index contributed by atoms with van der Waals surface area (Å²) in [6, 6.07) is 5.04. The Morgan fingerprint density at radius 3 is 2.30 bits per heavy atom. The lowest BCUT2D eigenvalue weighted by molar-refractivity contribution is -0.135. The molecular formula is C22H36N4O6S. The van der Waals surface area contributed by atoms with Crippen molar-refractivity contribution in [2.45, 2.75) is 56.5 Å². The van der Waals surface area contributed by atoms with E-state index in [-0.39, 0.29) is 36.1 Å². The number of rotatable bonds is 11. The normalized spacial score (nSPS) is 16.2. The second kappa shape index (κ2) is 12.3. The topological polar surface area (TPSA) is 128 Å². The van der Waals surface area contributed by atoms with Crippen LogP contribution in [0.4, 0.5) is 0 Å². The van der Waals surface area contributed by atoms with Gasteiger partial charge < -0.3 is 15.0 Å². The first-order valence-corrected chi connectivity index (χ1v) is 12.6. The van der Waals surface area contributed by atoms with E-state index in [1.54, 1.807) is 10.4 Å². The zero-order valence-electron chi connectivity index (χ0n) is 19.8. The van der Waals surface area contributed by atoms with Crippen molar-refractivity contribution in [2.75, 3.05) is 33.8 Å². The number of sulfonamides is 1. The van der Waals surface area contributed by atoms with Gasteiger partial charge in [-0.15, -0.1) is 0 Å². The maximum atomic E-state index is 13.5. The summed E-state index contributed by atoms with van der Waals surface area (Å²) in [6.45, 7) is 4.73. The zero-order chi connectivity index (χ0) is 24.6. The largest absolute Gasteiger partial charge is 0.497 e. The van der Waals surface area contributed by atoms with Crippen molar-refractivity contribution in [3.05, 3.63) is 24.3 Å². The molecule has 0 radical (unpaired) electrons. The summed E-state index contributed by atoms with van der Waals surface area (Å²) >= 11 is 0. The van der Waals surface area contributed by atoms with E-state index in [0.717, 1.165) is 17.1 Å². The molecule has 1 fully saturated rings.